The maximum absolute atomic E-state index is 12.5. The molecule has 1 atom stereocenters. The van der Waals surface area contributed by atoms with Crippen molar-refractivity contribution >= 4 is 17.5 Å². The van der Waals surface area contributed by atoms with Gasteiger partial charge in [0.2, 0.25) is 0 Å². The third-order valence-electron chi connectivity index (χ3n) is 5.27. The second-order valence-electron chi connectivity index (χ2n) is 7.31. The Balaban J connectivity index is 1.66. The highest BCUT2D eigenvalue weighted by molar-refractivity contribution is 6.39. The number of aryl methyl sites for hydroxylation is 1. The molecule has 1 aliphatic heterocycles. The fourth-order valence-corrected chi connectivity index (χ4v) is 3.49. The SMILES string of the molecule is COc1ccc(NC(=O)C(=O)NCC(c2ccc(C)cc2)N2CCOCC2)c(OC)c1. The molecule has 0 radical (unpaired) electrons. The van der Waals surface area contributed by atoms with Crippen LogP contribution in [0.15, 0.2) is 42.5 Å². The molecule has 1 aliphatic rings. The first-order valence-corrected chi connectivity index (χ1v) is 10.2. The van der Waals surface area contributed by atoms with E-state index in [2.05, 4.69) is 27.7 Å². The Morgan fingerprint density at radius 3 is 2.39 bits per heavy atom. The van der Waals surface area contributed by atoms with Crippen molar-refractivity contribution in [3.05, 3.63) is 53.6 Å². The molecule has 1 fully saturated rings. The van der Waals surface area contributed by atoms with Crippen molar-refractivity contribution in [3.63, 3.8) is 0 Å². The van der Waals surface area contributed by atoms with Crippen LogP contribution < -0.4 is 20.1 Å². The van der Waals surface area contributed by atoms with Crippen LogP contribution in [0.25, 0.3) is 0 Å². The maximum Gasteiger partial charge on any atom is 0.313 e. The minimum atomic E-state index is -0.756. The molecule has 31 heavy (non-hydrogen) atoms. The average molecular weight is 428 g/mol. The van der Waals surface area contributed by atoms with Crippen molar-refractivity contribution in [1.82, 2.24) is 10.2 Å². The Morgan fingerprint density at radius 1 is 1.03 bits per heavy atom. The molecule has 0 saturated carbocycles. The molecular weight excluding hydrogens is 398 g/mol. The van der Waals surface area contributed by atoms with Crippen molar-refractivity contribution in [2.75, 3.05) is 52.4 Å². The van der Waals surface area contributed by atoms with Crippen LogP contribution in [0.1, 0.15) is 17.2 Å². The summed E-state index contributed by atoms with van der Waals surface area (Å²) in [7, 11) is 3.03. The topological polar surface area (TPSA) is 89.1 Å². The zero-order valence-electron chi connectivity index (χ0n) is 18.1. The molecule has 1 heterocycles. The Morgan fingerprint density at radius 2 is 1.74 bits per heavy atom. The van der Waals surface area contributed by atoms with Gasteiger partial charge in [0.15, 0.2) is 0 Å². The first-order chi connectivity index (χ1) is 15.0. The second kappa shape index (κ2) is 10.8. The lowest BCUT2D eigenvalue weighted by Gasteiger charge is -2.35. The van der Waals surface area contributed by atoms with Gasteiger partial charge in [-0.25, -0.2) is 0 Å². The highest BCUT2D eigenvalue weighted by Crippen LogP contribution is 2.29. The molecular formula is C23H29N3O5. The molecule has 0 bridgehead atoms. The molecule has 1 unspecified atom stereocenters. The van der Waals surface area contributed by atoms with Crippen molar-refractivity contribution in [1.29, 1.82) is 0 Å². The number of rotatable bonds is 7. The molecule has 0 aromatic heterocycles. The summed E-state index contributed by atoms with van der Waals surface area (Å²) in [5.41, 5.74) is 2.65. The molecule has 8 heteroatoms. The lowest BCUT2D eigenvalue weighted by molar-refractivity contribution is -0.136. The minimum Gasteiger partial charge on any atom is -0.497 e. The fraction of sp³-hybridized carbons (Fsp3) is 0.391. The summed E-state index contributed by atoms with van der Waals surface area (Å²) in [5, 5.41) is 5.37. The van der Waals surface area contributed by atoms with Crippen LogP contribution in [0.2, 0.25) is 0 Å². The van der Waals surface area contributed by atoms with Gasteiger partial charge in [-0.15, -0.1) is 0 Å². The molecule has 0 aliphatic carbocycles. The first-order valence-electron chi connectivity index (χ1n) is 10.2. The quantitative estimate of drug-likeness (QED) is 0.658. The van der Waals surface area contributed by atoms with Crippen LogP contribution >= 0.6 is 0 Å². The second-order valence-corrected chi connectivity index (χ2v) is 7.31. The van der Waals surface area contributed by atoms with Crippen molar-refractivity contribution in [2.45, 2.75) is 13.0 Å². The van der Waals surface area contributed by atoms with E-state index >= 15 is 0 Å². The van der Waals surface area contributed by atoms with Crippen LogP contribution in [0, 0.1) is 6.92 Å². The van der Waals surface area contributed by atoms with Gasteiger partial charge in [0.25, 0.3) is 0 Å². The number of anilines is 1. The summed E-state index contributed by atoms with van der Waals surface area (Å²) in [6.07, 6.45) is 0. The fourth-order valence-electron chi connectivity index (χ4n) is 3.49. The number of ether oxygens (including phenoxy) is 3. The van der Waals surface area contributed by atoms with Gasteiger partial charge >= 0.3 is 11.8 Å². The van der Waals surface area contributed by atoms with Gasteiger partial charge in [-0.3, -0.25) is 14.5 Å². The van der Waals surface area contributed by atoms with Crippen molar-refractivity contribution < 1.29 is 23.8 Å². The maximum atomic E-state index is 12.5. The highest BCUT2D eigenvalue weighted by atomic mass is 16.5. The Kier molecular flexibility index (Phi) is 7.86. The zero-order chi connectivity index (χ0) is 22.2. The lowest BCUT2D eigenvalue weighted by Crippen LogP contribution is -2.45. The third kappa shape index (κ3) is 5.96. The number of nitrogens with zero attached hydrogens (tertiary/aromatic N) is 1. The molecule has 2 aromatic carbocycles. The molecule has 0 spiro atoms. The molecule has 2 amide bonds. The third-order valence-corrected chi connectivity index (χ3v) is 5.27. The van der Waals surface area contributed by atoms with Crippen LogP contribution in [-0.2, 0) is 14.3 Å². The van der Waals surface area contributed by atoms with E-state index in [1.807, 2.05) is 19.1 Å². The van der Waals surface area contributed by atoms with E-state index in [4.69, 9.17) is 14.2 Å². The van der Waals surface area contributed by atoms with Gasteiger partial charge in [-0.05, 0) is 24.6 Å². The number of morpholine rings is 1. The Hall–Kier alpha value is -3.10. The van der Waals surface area contributed by atoms with Gasteiger partial charge in [0, 0.05) is 25.7 Å². The number of carbonyl (C=O) groups is 2. The summed E-state index contributed by atoms with van der Waals surface area (Å²) < 4.78 is 15.9. The number of benzene rings is 2. The van der Waals surface area contributed by atoms with Crippen molar-refractivity contribution in [2.24, 2.45) is 0 Å². The summed E-state index contributed by atoms with van der Waals surface area (Å²) in [6, 6.07) is 13.1. The molecule has 2 aromatic rings. The average Bonchev–Trinajstić information content (AvgIpc) is 2.81. The molecule has 2 N–H and O–H groups in total. The smallest absolute Gasteiger partial charge is 0.313 e. The largest absolute Gasteiger partial charge is 0.497 e. The van der Waals surface area contributed by atoms with E-state index in [9.17, 15) is 9.59 Å². The van der Waals surface area contributed by atoms with E-state index in [-0.39, 0.29) is 6.04 Å². The molecule has 8 nitrogen and oxygen atoms in total. The minimum absolute atomic E-state index is 0.0447. The van der Waals surface area contributed by atoms with Crippen LogP contribution in [-0.4, -0.2) is 63.8 Å². The monoisotopic (exact) mass is 427 g/mol. The number of methoxy groups -OCH3 is 2. The standard InChI is InChI=1S/C23H29N3O5/c1-16-4-6-17(7-5-16)20(26-10-12-31-13-11-26)15-24-22(27)23(28)25-19-9-8-18(29-2)14-21(19)30-3/h4-9,14,20H,10-13,15H2,1-3H3,(H,24,27)(H,25,28). The summed E-state index contributed by atoms with van der Waals surface area (Å²) in [5.74, 6) is -0.464. The predicted molar refractivity (Wildman–Crippen MR) is 117 cm³/mol. The predicted octanol–water partition coefficient (Wildman–Crippen LogP) is 2.14. The lowest BCUT2D eigenvalue weighted by atomic mass is 10.0. The number of hydrogen-bond donors (Lipinski definition) is 2. The van der Waals surface area contributed by atoms with Gasteiger partial charge in [-0.2, -0.15) is 0 Å². The van der Waals surface area contributed by atoms with E-state index in [1.54, 1.807) is 25.3 Å². The van der Waals surface area contributed by atoms with Crippen LogP contribution in [0.5, 0.6) is 11.5 Å². The zero-order valence-corrected chi connectivity index (χ0v) is 18.1. The van der Waals surface area contributed by atoms with Crippen LogP contribution in [0.4, 0.5) is 5.69 Å². The van der Waals surface area contributed by atoms with Crippen LogP contribution in [0.3, 0.4) is 0 Å². The molecule has 1 saturated heterocycles. The number of carbonyl (C=O) groups excluding carboxylic acids is 2. The van der Waals surface area contributed by atoms with Gasteiger partial charge in [0.05, 0.1) is 39.2 Å². The Labute approximate surface area is 182 Å². The number of amides is 2. The summed E-state index contributed by atoms with van der Waals surface area (Å²) >= 11 is 0. The molecule has 166 valence electrons. The highest BCUT2D eigenvalue weighted by Gasteiger charge is 2.25. The van der Waals surface area contributed by atoms with E-state index in [0.29, 0.717) is 36.9 Å². The summed E-state index contributed by atoms with van der Waals surface area (Å²) in [6.45, 7) is 5.18. The van der Waals surface area contributed by atoms with Gasteiger partial charge in [0.1, 0.15) is 11.5 Å². The van der Waals surface area contributed by atoms with E-state index in [1.165, 1.54) is 12.7 Å². The van der Waals surface area contributed by atoms with E-state index in [0.717, 1.165) is 18.7 Å². The summed E-state index contributed by atoms with van der Waals surface area (Å²) in [4.78, 5) is 27.2. The normalized spacial score (nSPS) is 15.1. The van der Waals surface area contributed by atoms with E-state index < -0.39 is 11.8 Å². The first kappa shape index (κ1) is 22.6. The van der Waals surface area contributed by atoms with Crippen molar-refractivity contribution in [3.8, 4) is 11.5 Å². The number of hydrogen-bond acceptors (Lipinski definition) is 6. The molecule has 3 rings (SSSR count). The Bertz CT molecular complexity index is 895. The van der Waals surface area contributed by atoms with Gasteiger partial charge < -0.3 is 24.8 Å². The number of nitrogens with one attached hydrogen (secondary N) is 2. The van der Waals surface area contributed by atoms with Gasteiger partial charge in [-0.1, -0.05) is 29.8 Å².